The summed E-state index contributed by atoms with van der Waals surface area (Å²) in [7, 11) is 1.54. The molecule has 0 aliphatic heterocycles. The van der Waals surface area contributed by atoms with E-state index in [1.807, 2.05) is 18.2 Å². The zero-order chi connectivity index (χ0) is 20.8. The van der Waals surface area contributed by atoms with E-state index in [1.54, 1.807) is 30.3 Å². The quantitative estimate of drug-likeness (QED) is 0.448. The van der Waals surface area contributed by atoms with Crippen LogP contribution in [-0.4, -0.2) is 47.6 Å². The van der Waals surface area contributed by atoms with Crippen LogP contribution in [0.25, 0.3) is 10.9 Å². The zero-order valence-corrected chi connectivity index (χ0v) is 16.1. The number of carbonyl (C=O) groups excluding carboxylic acids is 3. The number of hydrogen-bond acceptors (Lipinski definition) is 6. The lowest BCUT2D eigenvalue weighted by molar-refractivity contribution is -0.146. The molecule has 2 aromatic carbocycles. The summed E-state index contributed by atoms with van der Waals surface area (Å²) in [5.41, 5.74) is 1.43. The predicted octanol–water partition coefficient (Wildman–Crippen LogP) is 2.51. The van der Waals surface area contributed by atoms with Crippen LogP contribution in [0.2, 0.25) is 0 Å². The number of rotatable bonds is 8. The summed E-state index contributed by atoms with van der Waals surface area (Å²) in [6, 6.07) is 13.8. The maximum Gasteiger partial charge on any atom is 0.308 e. The fraction of sp³-hybridized carbons (Fsp3) is 0.238. The van der Waals surface area contributed by atoms with Crippen molar-refractivity contribution < 1.29 is 23.9 Å². The Morgan fingerprint density at radius 1 is 1.10 bits per heavy atom. The molecule has 1 aromatic heterocycles. The van der Waals surface area contributed by atoms with Gasteiger partial charge in [0.05, 0.1) is 19.0 Å². The zero-order valence-electron chi connectivity index (χ0n) is 16.1. The topological polar surface area (TPSA) is 110 Å². The van der Waals surface area contributed by atoms with Crippen LogP contribution < -0.4 is 10.1 Å². The number of ketones is 1. The van der Waals surface area contributed by atoms with Crippen molar-refractivity contribution in [3.05, 3.63) is 59.8 Å². The number of nitrogens with one attached hydrogen (secondary N) is 2. The van der Waals surface area contributed by atoms with Crippen molar-refractivity contribution in [2.24, 2.45) is 0 Å². The number of benzene rings is 2. The Hall–Kier alpha value is -3.68. The second-order valence-electron chi connectivity index (χ2n) is 6.35. The number of amides is 1. The smallest absolute Gasteiger partial charge is 0.308 e. The average Bonchev–Trinajstić information content (AvgIpc) is 3.17. The number of hydrogen-bond donors (Lipinski definition) is 2. The summed E-state index contributed by atoms with van der Waals surface area (Å²) in [4.78, 5) is 36.6. The van der Waals surface area contributed by atoms with E-state index in [0.717, 1.165) is 5.52 Å². The summed E-state index contributed by atoms with van der Waals surface area (Å²) < 4.78 is 10.2. The van der Waals surface area contributed by atoms with Crippen LogP contribution >= 0.6 is 0 Å². The molecule has 0 fully saturated rings. The fourth-order valence-electron chi connectivity index (χ4n) is 2.80. The van der Waals surface area contributed by atoms with E-state index in [-0.39, 0.29) is 24.4 Å². The molecular formula is C21H21N3O5. The molecule has 29 heavy (non-hydrogen) atoms. The van der Waals surface area contributed by atoms with Gasteiger partial charge in [-0.1, -0.05) is 18.2 Å². The minimum Gasteiger partial charge on any atom is -0.497 e. The highest BCUT2D eigenvalue weighted by Gasteiger charge is 2.20. The molecule has 8 heteroatoms. The first kappa shape index (κ1) is 20.1. The number of methoxy groups -OCH3 is 1. The van der Waals surface area contributed by atoms with E-state index in [9.17, 15) is 14.4 Å². The summed E-state index contributed by atoms with van der Waals surface area (Å²) >= 11 is 0. The summed E-state index contributed by atoms with van der Waals surface area (Å²) in [6.07, 6.45) is -0.990. The summed E-state index contributed by atoms with van der Waals surface area (Å²) in [5.74, 6) is -0.649. The van der Waals surface area contributed by atoms with Gasteiger partial charge in [-0.15, -0.1) is 0 Å². The molecular weight excluding hydrogens is 374 g/mol. The van der Waals surface area contributed by atoms with E-state index in [2.05, 4.69) is 15.5 Å². The SMILES string of the molecule is COc1ccc(C(=O)C(C)OC(=O)CCNC(=O)c2n[nH]c3ccccc23)cc1. The van der Waals surface area contributed by atoms with Crippen LogP contribution in [0, 0.1) is 0 Å². The Morgan fingerprint density at radius 2 is 1.83 bits per heavy atom. The number of H-pyrrole nitrogens is 1. The Labute approximate surface area is 167 Å². The molecule has 0 aliphatic carbocycles. The number of fused-ring (bicyclic) bond motifs is 1. The first-order chi connectivity index (χ1) is 14.0. The molecule has 1 amide bonds. The largest absolute Gasteiger partial charge is 0.497 e. The molecule has 0 aliphatic rings. The molecule has 1 unspecified atom stereocenters. The van der Waals surface area contributed by atoms with E-state index >= 15 is 0 Å². The Balaban J connectivity index is 1.47. The molecule has 8 nitrogen and oxygen atoms in total. The van der Waals surface area contributed by atoms with Gasteiger partial charge in [0.2, 0.25) is 5.78 Å². The highest BCUT2D eigenvalue weighted by molar-refractivity contribution is 6.04. The van der Waals surface area contributed by atoms with E-state index in [1.165, 1.54) is 14.0 Å². The molecule has 3 rings (SSSR count). The molecule has 0 saturated heterocycles. The van der Waals surface area contributed by atoms with Gasteiger partial charge in [-0.25, -0.2) is 0 Å². The van der Waals surface area contributed by atoms with Crippen molar-refractivity contribution in [3.63, 3.8) is 0 Å². The molecule has 0 saturated carbocycles. The molecule has 1 atom stereocenters. The van der Waals surface area contributed by atoms with Gasteiger partial charge in [0, 0.05) is 17.5 Å². The molecule has 150 valence electrons. The third kappa shape index (κ3) is 4.78. The molecule has 1 heterocycles. The summed E-state index contributed by atoms with van der Waals surface area (Å²) in [6.45, 7) is 1.58. The van der Waals surface area contributed by atoms with Gasteiger partial charge in [0.1, 0.15) is 5.75 Å². The van der Waals surface area contributed by atoms with E-state index in [0.29, 0.717) is 16.7 Å². The van der Waals surface area contributed by atoms with Crippen molar-refractivity contribution in [2.45, 2.75) is 19.4 Å². The van der Waals surface area contributed by atoms with Gasteiger partial charge in [-0.2, -0.15) is 5.10 Å². The van der Waals surface area contributed by atoms with Gasteiger partial charge < -0.3 is 14.8 Å². The molecule has 0 spiro atoms. The molecule has 0 radical (unpaired) electrons. The minimum atomic E-state index is -0.929. The normalized spacial score (nSPS) is 11.7. The number of esters is 1. The van der Waals surface area contributed by atoms with Crippen molar-refractivity contribution >= 4 is 28.6 Å². The number of ether oxygens (including phenoxy) is 2. The van der Waals surface area contributed by atoms with Crippen LogP contribution in [-0.2, 0) is 9.53 Å². The number of Topliss-reactive ketones (excluding diaryl/α,β-unsaturated/α-hetero) is 1. The lowest BCUT2D eigenvalue weighted by Crippen LogP contribution is -2.29. The van der Waals surface area contributed by atoms with E-state index in [4.69, 9.17) is 9.47 Å². The minimum absolute atomic E-state index is 0.0612. The van der Waals surface area contributed by atoms with Gasteiger partial charge in [-0.3, -0.25) is 19.5 Å². The van der Waals surface area contributed by atoms with Crippen molar-refractivity contribution in [1.29, 1.82) is 0 Å². The fourth-order valence-corrected chi connectivity index (χ4v) is 2.80. The maximum absolute atomic E-state index is 12.3. The van der Waals surface area contributed by atoms with Gasteiger partial charge in [-0.05, 0) is 37.3 Å². The van der Waals surface area contributed by atoms with Crippen molar-refractivity contribution in [2.75, 3.05) is 13.7 Å². The van der Waals surface area contributed by atoms with Crippen LogP contribution in [0.4, 0.5) is 0 Å². The van der Waals surface area contributed by atoms with Crippen LogP contribution in [0.15, 0.2) is 48.5 Å². The Morgan fingerprint density at radius 3 is 2.55 bits per heavy atom. The van der Waals surface area contributed by atoms with Crippen molar-refractivity contribution in [3.8, 4) is 5.75 Å². The number of nitrogens with zero attached hydrogens (tertiary/aromatic N) is 1. The second kappa shape index (κ2) is 9.01. The predicted molar refractivity (Wildman–Crippen MR) is 106 cm³/mol. The van der Waals surface area contributed by atoms with Crippen LogP contribution in [0.5, 0.6) is 5.75 Å². The third-order valence-electron chi connectivity index (χ3n) is 4.35. The lowest BCUT2D eigenvalue weighted by atomic mass is 10.1. The Bertz CT molecular complexity index is 1030. The molecule has 0 bridgehead atoms. The summed E-state index contributed by atoms with van der Waals surface area (Å²) in [5, 5.41) is 10.1. The van der Waals surface area contributed by atoms with Crippen molar-refractivity contribution in [1.82, 2.24) is 15.5 Å². The highest BCUT2D eigenvalue weighted by Crippen LogP contribution is 2.15. The maximum atomic E-state index is 12.3. The number of carbonyl (C=O) groups is 3. The lowest BCUT2D eigenvalue weighted by Gasteiger charge is -2.13. The third-order valence-corrected chi connectivity index (χ3v) is 4.35. The second-order valence-corrected chi connectivity index (χ2v) is 6.35. The van der Waals surface area contributed by atoms with Crippen LogP contribution in [0.1, 0.15) is 34.2 Å². The standard InChI is InChI=1S/C21H21N3O5/c1-13(20(26)14-7-9-15(28-2)10-8-14)29-18(25)11-12-22-21(27)19-16-5-3-4-6-17(16)23-24-19/h3-10,13H,11-12H2,1-2H3,(H,22,27)(H,23,24). The highest BCUT2D eigenvalue weighted by atomic mass is 16.5. The number of aromatic amines is 1. The first-order valence-electron chi connectivity index (χ1n) is 9.08. The van der Waals surface area contributed by atoms with E-state index < -0.39 is 18.0 Å². The van der Waals surface area contributed by atoms with Crippen LogP contribution in [0.3, 0.4) is 0 Å². The molecule has 2 N–H and O–H groups in total. The Kier molecular flexibility index (Phi) is 6.23. The number of aromatic nitrogens is 2. The monoisotopic (exact) mass is 395 g/mol. The van der Waals surface area contributed by atoms with Gasteiger partial charge >= 0.3 is 5.97 Å². The van der Waals surface area contributed by atoms with Gasteiger partial charge in [0.25, 0.3) is 5.91 Å². The first-order valence-corrected chi connectivity index (χ1v) is 9.08. The van der Waals surface area contributed by atoms with Gasteiger partial charge in [0.15, 0.2) is 11.8 Å². The average molecular weight is 395 g/mol. The molecule has 3 aromatic rings. The number of para-hydroxylation sites is 1.